The van der Waals surface area contributed by atoms with Gasteiger partial charge in [-0.05, 0) is 113 Å². The average molecular weight is 682 g/mol. The number of aromatic amines is 1. The molecular weight excluding hydrogens is 626 g/mol. The van der Waals surface area contributed by atoms with Crippen LogP contribution < -0.4 is 15.8 Å². The number of amides is 1. The number of nitrogens with zero attached hydrogens (tertiary/aromatic N) is 3. The minimum Gasteiger partial charge on any atom is -0.383 e. The number of pyridine rings is 1. The molecule has 1 aliphatic carbocycles. The van der Waals surface area contributed by atoms with Gasteiger partial charge in [-0.15, -0.1) is 0 Å². The second-order valence-electron chi connectivity index (χ2n) is 13.8. The van der Waals surface area contributed by atoms with Crippen molar-refractivity contribution in [3.8, 4) is 23.0 Å². The fourth-order valence-electron chi connectivity index (χ4n) is 7.38. The van der Waals surface area contributed by atoms with Crippen LogP contribution in [0.5, 0.6) is 0 Å². The maximum absolute atomic E-state index is 14.0. The molecule has 1 aliphatic heterocycles. The Labute approximate surface area is 298 Å². The van der Waals surface area contributed by atoms with E-state index in [9.17, 15) is 9.59 Å². The summed E-state index contributed by atoms with van der Waals surface area (Å²) in [7, 11) is 3.96. The number of hydrogen-bond acceptors (Lipinski definition) is 7. The summed E-state index contributed by atoms with van der Waals surface area (Å²) in [5.74, 6) is 6.45. The summed E-state index contributed by atoms with van der Waals surface area (Å²) in [6.07, 6.45) is 4.44. The van der Waals surface area contributed by atoms with Crippen LogP contribution >= 0.6 is 0 Å². The van der Waals surface area contributed by atoms with Crippen LogP contribution in [0.4, 0.5) is 5.69 Å². The number of rotatable bonds is 12. The molecule has 50 heavy (non-hydrogen) atoms. The zero-order valence-corrected chi connectivity index (χ0v) is 30.9. The van der Waals surface area contributed by atoms with E-state index in [0.717, 1.165) is 117 Å². The van der Waals surface area contributed by atoms with Crippen molar-refractivity contribution in [1.29, 1.82) is 0 Å². The third-order valence-corrected chi connectivity index (χ3v) is 10.4. The van der Waals surface area contributed by atoms with E-state index in [1.165, 1.54) is 0 Å². The maximum atomic E-state index is 14.0. The first kappa shape index (κ1) is 37.3. The number of likely N-dealkylation sites (N-methyl/N-ethyl adjacent to an activating group) is 1. The van der Waals surface area contributed by atoms with E-state index < -0.39 is 0 Å². The van der Waals surface area contributed by atoms with Crippen LogP contribution in [0, 0.1) is 32.6 Å². The second kappa shape index (κ2) is 17.8. The zero-order chi connectivity index (χ0) is 35.6. The van der Waals surface area contributed by atoms with Crippen molar-refractivity contribution in [1.82, 2.24) is 20.1 Å². The first-order valence-corrected chi connectivity index (χ1v) is 18.2. The van der Waals surface area contributed by atoms with Crippen LogP contribution in [0.1, 0.15) is 70.9 Å². The molecule has 2 N–H and O–H groups in total. The first-order chi connectivity index (χ1) is 24.2. The molecular formula is C41H55N5O4. The number of carbonyl (C=O) groups is 1. The van der Waals surface area contributed by atoms with E-state index in [-0.39, 0.29) is 18.0 Å². The molecule has 1 saturated heterocycles. The summed E-state index contributed by atoms with van der Waals surface area (Å²) in [6.45, 7) is 14.8. The Hall–Kier alpha value is -3.94. The highest BCUT2D eigenvalue weighted by Gasteiger charge is 2.29. The number of methoxy groups -OCH3 is 1. The van der Waals surface area contributed by atoms with Gasteiger partial charge in [-0.3, -0.25) is 14.5 Å². The van der Waals surface area contributed by atoms with Gasteiger partial charge in [0, 0.05) is 80.0 Å². The van der Waals surface area contributed by atoms with Gasteiger partial charge in [0.1, 0.15) is 0 Å². The third kappa shape index (κ3) is 9.43. The molecule has 0 unspecified atom stereocenters. The molecule has 2 fully saturated rings. The number of anilines is 1. The molecule has 0 atom stereocenters. The van der Waals surface area contributed by atoms with Crippen LogP contribution in [0.15, 0.2) is 47.3 Å². The van der Waals surface area contributed by atoms with E-state index in [1.54, 1.807) is 7.11 Å². The molecule has 9 nitrogen and oxygen atoms in total. The molecule has 1 saturated carbocycles. The number of nitrogens with one attached hydrogen (secondary N) is 2. The Kier molecular flexibility index (Phi) is 13.3. The fraction of sp³-hybridized carbons (Fsp3) is 0.512. The quantitative estimate of drug-likeness (QED) is 0.251. The van der Waals surface area contributed by atoms with Crippen LogP contribution in [0.25, 0.3) is 11.1 Å². The largest absolute Gasteiger partial charge is 0.383 e. The Bertz CT molecular complexity index is 1710. The Morgan fingerprint density at radius 1 is 1.02 bits per heavy atom. The number of benzene rings is 2. The summed E-state index contributed by atoms with van der Waals surface area (Å²) in [6, 6.07) is 15.4. The van der Waals surface area contributed by atoms with E-state index >= 15 is 0 Å². The van der Waals surface area contributed by atoms with Crippen LogP contribution in [0.3, 0.4) is 0 Å². The normalized spacial score (nSPS) is 18.1. The number of hydrogen-bond donors (Lipinski definition) is 2. The van der Waals surface area contributed by atoms with Crippen LogP contribution in [0.2, 0.25) is 0 Å². The predicted octanol–water partition coefficient (Wildman–Crippen LogP) is 5.30. The number of H-pyrrole nitrogens is 1. The van der Waals surface area contributed by atoms with Gasteiger partial charge in [0.15, 0.2) is 0 Å². The molecule has 1 aromatic heterocycles. The van der Waals surface area contributed by atoms with Crippen molar-refractivity contribution in [3.05, 3.63) is 86.3 Å². The van der Waals surface area contributed by atoms with E-state index in [4.69, 9.17) is 9.47 Å². The fourth-order valence-corrected chi connectivity index (χ4v) is 7.38. The molecule has 2 aromatic carbocycles. The zero-order valence-electron chi connectivity index (χ0n) is 30.9. The Morgan fingerprint density at radius 3 is 2.38 bits per heavy atom. The summed E-state index contributed by atoms with van der Waals surface area (Å²) < 4.78 is 10.8. The molecule has 2 aliphatic rings. The number of aromatic nitrogens is 1. The van der Waals surface area contributed by atoms with E-state index in [0.29, 0.717) is 23.2 Å². The van der Waals surface area contributed by atoms with Crippen LogP contribution in [-0.4, -0.2) is 99.5 Å². The highest BCUT2D eigenvalue weighted by atomic mass is 16.5. The highest BCUT2D eigenvalue weighted by Crippen LogP contribution is 2.36. The second-order valence-corrected chi connectivity index (χ2v) is 13.8. The van der Waals surface area contributed by atoms with Crippen molar-refractivity contribution >= 4 is 11.6 Å². The van der Waals surface area contributed by atoms with Gasteiger partial charge >= 0.3 is 0 Å². The van der Waals surface area contributed by atoms with Gasteiger partial charge in [-0.25, -0.2) is 0 Å². The molecule has 0 spiro atoms. The van der Waals surface area contributed by atoms with Crippen molar-refractivity contribution in [2.24, 2.45) is 0 Å². The Morgan fingerprint density at radius 2 is 1.72 bits per heavy atom. The lowest BCUT2D eigenvalue weighted by atomic mass is 9.88. The highest BCUT2D eigenvalue weighted by molar-refractivity contribution is 5.99. The summed E-state index contributed by atoms with van der Waals surface area (Å²) in [5.41, 5.74) is 7.73. The summed E-state index contributed by atoms with van der Waals surface area (Å²) >= 11 is 0. The number of ether oxygens (including phenoxy) is 2. The Balaban J connectivity index is 1.42. The lowest BCUT2D eigenvalue weighted by molar-refractivity contribution is 0.0443. The van der Waals surface area contributed by atoms with Gasteiger partial charge in [-0.2, -0.15) is 0 Å². The molecule has 268 valence electrons. The van der Waals surface area contributed by atoms with Crippen LogP contribution in [-0.2, 0) is 16.0 Å². The van der Waals surface area contributed by atoms with Crippen molar-refractivity contribution in [3.63, 3.8) is 0 Å². The van der Waals surface area contributed by atoms with Gasteiger partial charge < -0.3 is 29.6 Å². The molecule has 2 heterocycles. The van der Waals surface area contributed by atoms with Gasteiger partial charge in [0.05, 0.1) is 26.4 Å². The monoisotopic (exact) mass is 681 g/mol. The summed E-state index contributed by atoms with van der Waals surface area (Å²) in [4.78, 5) is 36.8. The number of morpholine rings is 1. The van der Waals surface area contributed by atoms with E-state index in [1.807, 2.05) is 26.0 Å². The molecule has 0 radical (unpaired) electrons. The van der Waals surface area contributed by atoms with Crippen molar-refractivity contribution in [2.45, 2.75) is 72.0 Å². The van der Waals surface area contributed by atoms with E-state index in [2.05, 4.69) is 88.1 Å². The third-order valence-electron chi connectivity index (χ3n) is 10.4. The van der Waals surface area contributed by atoms with Gasteiger partial charge in [0.25, 0.3) is 11.5 Å². The lowest BCUT2D eigenvalue weighted by Gasteiger charge is -2.41. The maximum Gasteiger partial charge on any atom is 0.253 e. The minimum atomic E-state index is -0.185. The predicted molar refractivity (Wildman–Crippen MR) is 202 cm³/mol. The standard InChI is InChI=1S/C41H55N5O4/c1-7-46(36-16-14-35(15-17-36)44(5)19-22-49-6)39-27-34(33-12-10-32(11-13-33)9-8-18-45-20-23-50-24-21-45)26-37(31(39)4)40(47)42-28-38-29(2)25-30(3)43-41(38)48/h10-13,25-27,35-36H,7,14-24,28H2,1-6H3,(H,42,47)(H,43,48). The molecule has 0 bridgehead atoms. The lowest BCUT2D eigenvalue weighted by Crippen LogP contribution is -2.44. The molecule has 5 rings (SSSR count). The molecule has 9 heteroatoms. The molecule has 3 aromatic rings. The van der Waals surface area contributed by atoms with Gasteiger partial charge in [0.2, 0.25) is 0 Å². The average Bonchev–Trinajstić information content (AvgIpc) is 3.12. The minimum absolute atomic E-state index is 0.162. The molecule has 1 amide bonds. The van der Waals surface area contributed by atoms with Crippen molar-refractivity contribution in [2.75, 3.05) is 71.6 Å². The first-order valence-electron chi connectivity index (χ1n) is 18.2. The van der Waals surface area contributed by atoms with Crippen molar-refractivity contribution < 1.29 is 14.3 Å². The SMILES string of the molecule is CCN(c1cc(-c2ccc(C#CCN3CCOCC3)cc2)cc(C(=O)NCc2c(C)cc(C)[nH]c2=O)c1C)C1CCC(N(C)CCOC)CC1. The smallest absolute Gasteiger partial charge is 0.253 e. The number of carbonyl (C=O) groups excluding carboxylic acids is 1. The topological polar surface area (TPSA) is 90.1 Å². The van der Waals surface area contributed by atoms with Gasteiger partial charge in [-0.1, -0.05) is 24.0 Å². The summed E-state index contributed by atoms with van der Waals surface area (Å²) in [5, 5.41) is 3.07. The number of aryl methyl sites for hydroxylation is 2.